The number of nitrogens with one attached hydrogen (secondary N) is 1. The molecule has 1 heterocycles. The van der Waals surface area contributed by atoms with Gasteiger partial charge >= 0.3 is 6.09 Å². The maximum absolute atomic E-state index is 13.7. The maximum Gasteiger partial charge on any atom is 0.410 e. The summed E-state index contributed by atoms with van der Waals surface area (Å²) in [6, 6.07) is 4.95. The Morgan fingerprint density at radius 3 is 2.92 bits per heavy atom. The highest BCUT2D eigenvalue weighted by molar-refractivity contribution is 9.10. The van der Waals surface area contributed by atoms with Crippen LogP contribution in [0.2, 0.25) is 0 Å². The Bertz CT molecular complexity index is 575. The molecule has 134 valence electrons. The number of hydrogen-bond donors (Lipinski definition) is 1. The van der Waals surface area contributed by atoms with Crippen LogP contribution in [0.25, 0.3) is 0 Å². The zero-order valence-corrected chi connectivity index (χ0v) is 16.2. The molecule has 1 aliphatic rings. The molecule has 4 nitrogen and oxygen atoms in total. The fraction of sp³-hybridized carbons (Fsp3) is 0.611. The smallest absolute Gasteiger partial charge is 0.410 e. The molecule has 0 saturated carbocycles. The molecule has 24 heavy (non-hydrogen) atoms. The molecule has 1 aromatic rings. The molecule has 0 aliphatic carbocycles. The normalized spacial score (nSPS) is 18.5. The van der Waals surface area contributed by atoms with Gasteiger partial charge in [-0.3, -0.25) is 0 Å². The lowest BCUT2D eigenvalue weighted by Gasteiger charge is -2.34. The van der Waals surface area contributed by atoms with E-state index in [0.717, 1.165) is 30.4 Å². The van der Waals surface area contributed by atoms with Crippen molar-refractivity contribution >= 4 is 22.0 Å². The molecule has 1 saturated heterocycles. The van der Waals surface area contributed by atoms with Gasteiger partial charge in [0.05, 0.1) is 0 Å². The minimum absolute atomic E-state index is 0.204. The van der Waals surface area contributed by atoms with Crippen molar-refractivity contribution in [3.8, 4) is 0 Å². The van der Waals surface area contributed by atoms with Gasteiger partial charge in [0.25, 0.3) is 0 Å². The third-order valence-corrected chi connectivity index (χ3v) is 4.42. The first-order chi connectivity index (χ1) is 11.2. The van der Waals surface area contributed by atoms with E-state index >= 15 is 0 Å². The molecule has 1 atom stereocenters. The van der Waals surface area contributed by atoms with Crippen LogP contribution in [0.3, 0.4) is 0 Å². The molecule has 2 rings (SSSR count). The highest BCUT2D eigenvalue weighted by Crippen LogP contribution is 2.19. The van der Waals surface area contributed by atoms with Gasteiger partial charge in [-0.15, -0.1) is 0 Å². The van der Waals surface area contributed by atoms with Crippen LogP contribution >= 0.6 is 15.9 Å². The van der Waals surface area contributed by atoms with Crippen LogP contribution in [-0.2, 0) is 11.3 Å². The fourth-order valence-corrected chi connectivity index (χ4v) is 3.22. The highest BCUT2D eigenvalue weighted by atomic mass is 79.9. The van der Waals surface area contributed by atoms with Crippen LogP contribution in [0.5, 0.6) is 0 Å². The van der Waals surface area contributed by atoms with Crippen molar-refractivity contribution in [2.45, 2.75) is 45.8 Å². The first kappa shape index (κ1) is 19.2. The maximum atomic E-state index is 13.7. The number of piperidine rings is 1. The topological polar surface area (TPSA) is 41.6 Å². The average Bonchev–Trinajstić information content (AvgIpc) is 2.49. The van der Waals surface area contributed by atoms with Crippen LogP contribution in [-0.4, -0.2) is 36.2 Å². The number of carbonyl (C=O) groups is 1. The number of nitrogens with zero attached hydrogens (tertiary/aromatic N) is 1. The Kier molecular flexibility index (Phi) is 6.63. The van der Waals surface area contributed by atoms with Gasteiger partial charge < -0.3 is 15.0 Å². The summed E-state index contributed by atoms with van der Waals surface area (Å²) in [6.45, 7) is 8.29. The number of rotatable bonds is 4. The first-order valence-corrected chi connectivity index (χ1v) is 9.16. The molecule has 6 heteroatoms. The van der Waals surface area contributed by atoms with E-state index in [4.69, 9.17) is 4.74 Å². The number of halogens is 2. The predicted molar refractivity (Wildman–Crippen MR) is 96.3 cm³/mol. The lowest BCUT2D eigenvalue weighted by atomic mass is 9.98. The summed E-state index contributed by atoms with van der Waals surface area (Å²) < 4.78 is 20.0. The second kappa shape index (κ2) is 8.30. The van der Waals surface area contributed by atoms with Gasteiger partial charge in [-0.05, 0) is 64.3 Å². The van der Waals surface area contributed by atoms with Crippen LogP contribution < -0.4 is 5.32 Å². The van der Waals surface area contributed by atoms with Crippen molar-refractivity contribution in [3.05, 3.63) is 34.1 Å². The van der Waals surface area contributed by atoms with Crippen LogP contribution in [0.1, 0.15) is 39.2 Å². The van der Waals surface area contributed by atoms with Gasteiger partial charge in [-0.1, -0.05) is 15.9 Å². The Morgan fingerprint density at radius 1 is 1.46 bits per heavy atom. The van der Waals surface area contributed by atoms with E-state index in [9.17, 15) is 9.18 Å². The van der Waals surface area contributed by atoms with E-state index in [-0.39, 0.29) is 11.9 Å². The highest BCUT2D eigenvalue weighted by Gasteiger charge is 2.27. The molecule has 1 aliphatic heterocycles. The van der Waals surface area contributed by atoms with Gasteiger partial charge in [0.2, 0.25) is 0 Å². The third kappa shape index (κ3) is 6.06. The average molecular weight is 401 g/mol. The zero-order chi connectivity index (χ0) is 17.7. The van der Waals surface area contributed by atoms with E-state index in [1.54, 1.807) is 17.0 Å². The molecule has 0 radical (unpaired) electrons. The number of hydrogen-bond acceptors (Lipinski definition) is 3. The van der Waals surface area contributed by atoms with E-state index in [1.165, 1.54) is 6.07 Å². The minimum Gasteiger partial charge on any atom is -0.444 e. The van der Waals surface area contributed by atoms with Crippen molar-refractivity contribution in [1.29, 1.82) is 0 Å². The SMILES string of the molecule is CC(C)(C)OC(=O)N1CCCC(CNCc2cc(Br)ccc2F)C1. The van der Waals surface area contributed by atoms with Crippen molar-refractivity contribution in [1.82, 2.24) is 10.2 Å². The zero-order valence-electron chi connectivity index (χ0n) is 14.6. The molecule has 0 spiro atoms. The van der Waals surface area contributed by atoms with Gasteiger partial charge in [-0.25, -0.2) is 9.18 Å². The summed E-state index contributed by atoms with van der Waals surface area (Å²) in [5, 5.41) is 3.31. The molecular weight excluding hydrogens is 375 g/mol. The summed E-state index contributed by atoms with van der Waals surface area (Å²) in [4.78, 5) is 13.9. The Balaban J connectivity index is 1.80. The summed E-state index contributed by atoms with van der Waals surface area (Å²) in [6.07, 6.45) is 1.79. The Morgan fingerprint density at radius 2 is 2.21 bits per heavy atom. The van der Waals surface area contributed by atoms with E-state index in [0.29, 0.717) is 24.6 Å². The van der Waals surface area contributed by atoms with Crippen molar-refractivity contribution in [2.24, 2.45) is 5.92 Å². The quantitative estimate of drug-likeness (QED) is 0.817. The molecule has 1 N–H and O–H groups in total. The van der Waals surface area contributed by atoms with Gasteiger partial charge in [0.1, 0.15) is 11.4 Å². The Labute approximate surface area is 151 Å². The summed E-state index contributed by atoms with van der Waals surface area (Å²) in [7, 11) is 0. The first-order valence-electron chi connectivity index (χ1n) is 8.37. The number of carbonyl (C=O) groups excluding carboxylic acids is 1. The van der Waals surface area contributed by atoms with Crippen LogP contribution in [0.15, 0.2) is 22.7 Å². The number of likely N-dealkylation sites (tertiary alicyclic amines) is 1. The molecular formula is C18H26BrFN2O2. The van der Waals surface area contributed by atoms with Crippen molar-refractivity contribution in [2.75, 3.05) is 19.6 Å². The van der Waals surface area contributed by atoms with E-state index in [1.807, 2.05) is 20.8 Å². The molecule has 0 aromatic heterocycles. The van der Waals surface area contributed by atoms with Crippen molar-refractivity contribution in [3.63, 3.8) is 0 Å². The molecule has 1 amide bonds. The number of ether oxygens (including phenoxy) is 1. The van der Waals surface area contributed by atoms with Gasteiger partial charge in [0, 0.05) is 29.7 Å². The predicted octanol–water partition coefficient (Wildman–Crippen LogP) is 4.32. The van der Waals surface area contributed by atoms with Crippen LogP contribution in [0.4, 0.5) is 9.18 Å². The largest absolute Gasteiger partial charge is 0.444 e. The fourth-order valence-electron chi connectivity index (χ4n) is 2.81. The third-order valence-electron chi connectivity index (χ3n) is 3.93. The standard InChI is InChI=1S/C18H26BrFN2O2/c1-18(2,3)24-17(23)22-8-4-5-13(12-22)10-21-11-14-9-15(19)6-7-16(14)20/h6-7,9,13,21H,4-5,8,10-12H2,1-3H3. The lowest BCUT2D eigenvalue weighted by molar-refractivity contribution is 0.0166. The lowest BCUT2D eigenvalue weighted by Crippen LogP contribution is -2.45. The number of amides is 1. The van der Waals surface area contributed by atoms with Gasteiger partial charge in [0.15, 0.2) is 0 Å². The van der Waals surface area contributed by atoms with E-state index < -0.39 is 5.60 Å². The molecule has 1 aromatic carbocycles. The summed E-state index contributed by atoms with van der Waals surface area (Å²) in [5.41, 5.74) is 0.171. The molecule has 1 unspecified atom stereocenters. The molecule has 1 fully saturated rings. The van der Waals surface area contributed by atoms with Gasteiger partial charge in [-0.2, -0.15) is 0 Å². The Hall–Kier alpha value is -1.14. The van der Waals surface area contributed by atoms with Crippen LogP contribution in [0, 0.1) is 11.7 Å². The monoisotopic (exact) mass is 400 g/mol. The van der Waals surface area contributed by atoms with Crippen molar-refractivity contribution < 1.29 is 13.9 Å². The number of benzene rings is 1. The summed E-state index contributed by atoms with van der Waals surface area (Å²) in [5.74, 6) is 0.159. The second-order valence-corrected chi connectivity index (χ2v) is 8.22. The molecule has 0 bridgehead atoms. The minimum atomic E-state index is -0.472. The second-order valence-electron chi connectivity index (χ2n) is 7.30. The summed E-state index contributed by atoms with van der Waals surface area (Å²) >= 11 is 3.36. The van der Waals surface area contributed by atoms with E-state index in [2.05, 4.69) is 21.2 Å².